The zero-order valence-electron chi connectivity index (χ0n) is 18.2. The third-order valence-electron chi connectivity index (χ3n) is 4.50. The van der Waals surface area contributed by atoms with E-state index in [9.17, 15) is 0 Å². The highest BCUT2D eigenvalue weighted by Gasteiger charge is 2.44. The molecule has 0 spiro atoms. The minimum absolute atomic E-state index is 0.0395. The summed E-state index contributed by atoms with van der Waals surface area (Å²) >= 11 is 0. The van der Waals surface area contributed by atoms with Crippen LogP contribution in [0.3, 0.4) is 0 Å². The van der Waals surface area contributed by atoms with Crippen molar-refractivity contribution in [3.05, 3.63) is 35.4 Å². The SMILES string of the molecule is CCC(N)(CN)c1ccccc1CC[Si](OC(C)C)(OC(C)C)OC(C)C. The molecule has 156 valence electrons. The van der Waals surface area contributed by atoms with Crippen molar-refractivity contribution in [2.24, 2.45) is 11.5 Å². The Kier molecular flexibility index (Phi) is 9.61. The lowest BCUT2D eigenvalue weighted by atomic mass is 9.84. The van der Waals surface area contributed by atoms with Crippen LogP contribution in [-0.4, -0.2) is 33.7 Å². The summed E-state index contributed by atoms with van der Waals surface area (Å²) in [5.41, 5.74) is 14.4. The van der Waals surface area contributed by atoms with Crippen LogP contribution < -0.4 is 11.5 Å². The molecule has 0 bridgehead atoms. The van der Waals surface area contributed by atoms with Gasteiger partial charge in [-0.1, -0.05) is 31.2 Å². The molecule has 27 heavy (non-hydrogen) atoms. The number of benzene rings is 1. The Morgan fingerprint density at radius 3 is 1.81 bits per heavy atom. The van der Waals surface area contributed by atoms with Gasteiger partial charge in [-0.25, -0.2) is 0 Å². The average molecular weight is 397 g/mol. The van der Waals surface area contributed by atoms with E-state index in [1.165, 1.54) is 5.56 Å². The van der Waals surface area contributed by atoms with E-state index in [1.54, 1.807) is 0 Å². The Labute approximate surface area is 167 Å². The van der Waals surface area contributed by atoms with E-state index in [4.69, 9.17) is 24.7 Å². The number of aryl methyl sites for hydroxylation is 1. The van der Waals surface area contributed by atoms with E-state index < -0.39 is 14.3 Å². The molecule has 1 aromatic rings. The summed E-state index contributed by atoms with van der Waals surface area (Å²) < 4.78 is 18.9. The molecular weight excluding hydrogens is 356 g/mol. The van der Waals surface area contributed by atoms with E-state index in [0.717, 1.165) is 18.4 Å². The summed E-state index contributed by atoms with van der Waals surface area (Å²) in [5, 5.41) is 0. The molecule has 0 aliphatic heterocycles. The first kappa shape index (κ1) is 24.3. The van der Waals surface area contributed by atoms with Gasteiger partial charge in [0.25, 0.3) is 0 Å². The van der Waals surface area contributed by atoms with Crippen molar-refractivity contribution < 1.29 is 13.3 Å². The number of rotatable bonds is 12. The predicted octanol–water partition coefficient (Wildman–Crippen LogP) is 3.97. The van der Waals surface area contributed by atoms with Gasteiger partial charge in [0, 0.05) is 30.9 Å². The molecule has 5 nitrogen and oxygen atoms in total. The van der Waals surface area contributed by atoms with Gasteiger partial charge in [0.15, 0.2) is 0 Å². The minimum Gasteiger partial charge on any atom is -0.371 e. The fourth-order valence-electron chi connectivity index (χ4n) is 3.29. The van der Waals surface area contributed by atoms with Gasteiger partial charge in [0.2, 0.25) is 0 Å². The smallest absolute Gasteiger partial charge is 0.371 e. The topological polar surface area (TPSA) is 79.7 Å². The van der Waals surface area contributed by atoms with Gasteiger partial charge < -0.3 is 24.7 Å². The first-order valence-electron chi connectivity index (χ1n) is 10.2. The second kappa shape index (κ2) is 10.7. The van der Waals surface area contributed by atoms with Gasteiger partial charge in [-0.2, -0.15) is 0 Å². The van der Waals surface area contributed by atoms with Crippen LogP contribution >= 0.6 is 0 Å². The molecule has 0 aliphatic carbocycles. The van der Waals surface area contributed by atoms with E-state index in [2.05, 4.69) is 19.1 Å². The second-order valence-electron chi connectivity index (χ2n) is 8.05. The molecule has 0 heterocycles. The lowest BCUT2D eigenvalue weighted by Gasteiger charge is -2.35. The Balaban J connectivity index is 3.17. The highest BCUT2D eigenvalue weighted by atomic mass is 28.4. The maximum atomic E-state index is 6.59. The minimum atomic E-state index is -2.84. The molecule has 0 saturated heterocycles. The van der Waals surface area contributed by atoms with Crippen molar-refractivity contribution in [1.29, 1.82) is 0 Å². The molecule has 1 atom stereocenters. The monoisotopic (exact) mass is 396 g/mol. The molecule has 1 rings (SSSR count). The maximum Gasteiger partial charge on any atom is 0.501 e. The van der Waals surface area contributed by atoms with Crippen molar-refractivity contribution in [2.75, 3.05) is 6.54 Å². The first-order valence-corrected chi connectivity index (χ1v) is 12.1. The van der Waals surface area contributed by atoms with Gasteiger partial charge in [-0.3, -0.25) is 0 Å². The Morgan fingerprint density at radius 2 is 1.41 bits per heavy atom. The van der Waals surface area contributed by atoms with Crippen LogP contribution in [0.5, 0.6) is 0 Å². The van der Waals surface area contributed by atoms with Gasteiger partial charge in [0.1, 0.15) is 0 Å². The van der Waals surface area contributed by atoms with E-state index in [-0.39, 0.29) is 18.3 Å². The van der Waals surface area contributed by atoms with Crippen molar-refractivity contribution in [2.45, 2.75) is 91.2 Å². The maximum absolute atomic E-state index is 6.59. The molecule has 0 aliphatic rings. The molecule has 0 aromatic heterocycles. The predicted molar refractivity (Wildman–Crippen MR) is 115 cm³/mol. The molecular formula is C21H40N2O3Si. The Morgan fingerprint density at radius 1 is 0.926 bits per heavy atom. The zero-order chi connectivity index (χ0) is 20.7. The van der Waals surface area contributed by atoms with Crippen LogP contribution in [0.4, 0.5) is 0 Å². The van der Waals surface area contributed by atoms with Crippen molar-refractivity contribution in [3.63, 3.8) is 0 Å². The van der Waals surface area contributed by atoms with Gasteiger partial charge in [-0.05, 0) is 65.5 Å². The van der Waals surface area contributed by atoms with E-state index >= 15 is 0 Å². The fourth-order valence-corrected chi connectivity index (χ4v) is 6.54. The van der Waals surface area contributed by atoms with Crippen LogP contribution in [-0.2, 0) is 25.2 Å². The van der Waals surface area contributed by atoms with Gasteiger partial charge in [-0.15, -0.1) is 0 Å². The largest absolute Gasteiger partial charge is 0.501 e. The van der Waals surface area contributed by atoms with E-state index in [1.807, 2.05) is 53.7 Å². The summed E-state index contributed by atoms with van der Waals surface area (Å²) in [4.78, 5) is 0. The van der Waals surface area contributed by atoms with Crippen molar-refractivity contribution in [3.8, 4) is 0 Å². The Hall–Kier alpha value is -0.763. The van der Waals surface area contributed by atoms with Crippen LogP contribution in [0, 0.1) is 0 Å². The summed E-state index contributed by atoms with van der Waals surface area (Å²) in [5.74, 6) is 0. The molecule has 1 aromatic carbocycles. The van der Waals surface area contributed by atoms with Crippen molar-refractivity contribution >= 4 is 8.80 Å². The summed E-state index contributed by atoms with van der Waals surface area (Å²) in [6.07, 6.45) is 1.69. The number of hydrogen-bond acceptors (Lipinski definition) is 5. The lowest BCUT2D eigenvalue weighted by Crippen LogP contribution is -2.51. The van der Waals surface area contributed by atoms with Gasteiger partial charge in [0.05, 0.1) is 5.54 Å². The summed E-state index contributed by atoms with van der Waals surface area (Å²) in [7, 11) is -2.84. The Bertz CT molecular complexity index is 534. The number of hydrogen-bond donors (Lipinski definition) is 2. The van der Waals surface area contributed by atoms with Crippen LogP contribution in [0.25, 0.3) is 0 Å². The summed E-state index contributed by atoms with van der Waals surface area (Å²) in [6.45, 7) is 14.7. The lowest BCUT2D eigenvalue weighted by molar-refractivity contribution is 0.00329. The highest BCUT2D eigenvalue weighted by Crippen LogP contribution is 2.29. The number of nitrogens with two attached hydrogens (primary N) is 2. The third kappa shape index (κ3) is 7.29. The quantitative estimate of drug-likeness (QED) is 0.523. The third-order valence-corrected chi connectivity index (χ3v) is 7.85. The zero-order valence-corrected chi connectivity index (χ0v) is 19.2. The van der Waals surface area contributed by atoms with Crippen LogP contribution in [0.1, 0.15) is 66.0 Å². The molecule has 0 radical (unpaired) electrons. The summed E-state index contributed by atoms with van der Waals surface area (Å²) in [6, 6.07) is 9.00. The van der Waals surface area contributed by atoms with Crippen molar-refractivity contribution in [1.82, 2.24) is 0 Å². The molecule has 0 fully saturated rings. The fraction of sp³-hybridized carbons (Fsp3) is 0.714. The highest BCUT2D eigenvalue weighted by molar-refractivity contribution is 6.60. The molecule has 0 saturated carbocycles. The average Bonchev–Trinajstić information content (AvgIpc) is 2.57. The first-order chi connectivity index (χ1) is 12.6. The van der Waals surface area contributed by atoms with Crippen LogP contribution in [0.15, 0.2) is 24.3 Å². The second-order valence-corrected chi connectivity index (χ2v) is 10.6. The molecule has 4 N–H and O–H groups in total. The van der Waals surface area contributed by atoms with Gasteiger partial charge >= 0.3 is 8.80 Å². The van der Waals surface area contributed by atoms with Crippen LogP contribution in [0.2, 0.25) is 6.04 Å². The molecule has 6 heteroatoms. The molecule has 0 amide bonds. The molecule has 1 unspecified atom stereocenters. The normalized spacial score (nSPS) is 15.0. The van der Waals surface area contributed by atoms with E-state index in [0.29, 0.717) is 12.6 Å². The standard InChI is InChI=1S/C21H40N2O3Si/c1-8-21(23,15-22)20-12-10-9-11-19(20)13-14-27(24-16(2)3,25-17(4)5)26-18(6)7/h9-12,16-18H,8,13-15,22-23H2,1-7H3.